The van der Waals surface area contributed by atoms with E-state index in [2.05, 4.69) is 36.1 Å². The quantitative estimate of drug-likeness (QED) is 0.584. The summed E-state index contributed by atoms with van der Waals surface area (Å²) in [6.45, 7) is 4.18. The third-order valence-electron chi connectivity index (χ3n) is 3.16. The van der Waals surface area contributed by atoms with Crippen LogP contribution < -0.4 is 0 Å². The van der Waals surface area contributed by atoms with Crippen LogP contribution in [0.15, 0.2) is 53.8 Å². The average Bonchev–Trinajstić information content (AvgIpc) is 2.51. The highest BCUT2D eigenvalue weighted by atomic mass is 16.5. The van der Waals surface area contributed by atoms with Crippen LogP contribution >= 0.6 is 0 Å². The molecule has 0 radical (unpaired) electrons. The topological polar surface area (TPSA) is 26.3 Å². The summed E-state index contributed by atoms with van der Waals surface area (Å²) in [5.74, 6) is -0.149. The minimum absolute atomic E-state index is 0.149. The molecule has 0 spiro atoms. The first-order valence-corrected chi connectivity index (χ1v) is 7.25. The number of hydrogen-bond acceptors (Lipinski definition) is 2. The number of fused-ring (bicyclic) bond motifs is 1. The first-order valence-electron chi connectivity index (χ1n) is 7.25. The molecular formula is C19H20O2. The molecule has 0 aliphatic carbocycles. The number of ether oxygens (including phenoxy) is 1. The van der Waals surface area contributed by atoms with Gasteiger partial charge in [0.1, 0.15) is 6.61 Å². The van der Waals surface area contributed by atoms with Gasteiger partial charge in [-0.25, -0.2) is 0 Å². The van der Waals surface area contributed by atoms with E-state index in [0.29, 0.717) is 13.0 Å². The molecule has 0 unspecified atom stereocenters. The van der Waals surface area contributed by atoms with E-state index in [1.54, 1.807) is 0 Å². The zero-order valence-electron chi connectivity index (χ0n) is 12.6. The van der Waals surface area contributed by atoms with E-state index in [-0.39, 0.29) is 5.97 Å². The molecule has 2 nitrogen and oxygen atoms in total. The third kappa shape index (κ3) is 4.62. The first-order chi connectivity index (χ1) is 10.2. The van der Waals surface area contributed by atoms with Crippen LogP contribution in [0.4, 0.5) is 0 Å². The Morgan fingerprint density at radius 2 is 1.95 bits per heavy atom. The van der Waals surface area contributed by atoms with Crippen molar-refractivity contribution in [1.29, 1.82) is 0 Å². The summed E-state index contributed by atoms with van der Waals surface area (Å²) in [4.78, 5) is 11.3. The summed E-state index contributed by atoms with van der Waals surface area (Å²) in [5.41, 5.74) is 5.18. The molecule has 2 heteroatoms. The minimum atomic E-state index is -0.149. The van der Waals surface area contributed by atoms with E-state index in [4.69, 9.17) is 4.74 Å². The zero-order chi connectivity index (χ0) is 15.1. The molecule has 0 bridgehead atoms. The molecule has 2 aromatic rings. The SMILES string of the molecule is CCCC(=O)OCC(C)=C=Cc1ccc2ccccc2c1. The van der Waals surface area contributed by atoms with Crippen molar-refractivity contribution in [2.45, 2.75) is 26.7 Å². The molecule has 108 valence electrons. The largest absolute Gasteiger partial charge is 0.460 e. The molecule has 0 aliphatic rings. The number of carbonyl (C=O) groups is 1. The fourth-order valence-electron chi connectivity index (χ4n) is 2.01. The van der Waals surface area contributed by atoms with Crippen LogP contribution in [0.3, 0.4) is 0 Å². The van der Waals surface area contributed by atoms with E-state index in [9.17, 15) is 4.79 Å². The lowest BCUT2D eigenvalue weighted by Crippen LogP contribution is -2.05. The number of esters is 1. The predicted octanol–water partition coefficient (Wildman–Crippen LogP) is 4.74. The van der Waals surface area contributed by atoms with Gasteiger partial charge in [0.25, 0.3) is 0 Å². The van der Waals surface area contributed by atoms with Crippen molar-refractivity contribution in [2.75, 3.05) is 6.61 Å². The molecule has 0 fully saturated rings. The van der Waals surface area contributed by atoms with Gasteiger partial charge in [0.05, 0.1) is 0 Å². The lowest BCUT2D eigenvalue weighted by molar-refractivity contribution is -0.142. The highest BCUT2D eigenvalue weighted by Gasteiger charge is 2.00. The van der Waals surface area contributed by atoms with Gasteiger partial charge in [0.2, 0.25) is 0 Å². The van der Waals surface area contributed by atoms with Crippen molar-refractivity contribution >= 4 is 22.8 Å². The minimum Gasteiger partial charge on any atom is -0.460 e. The van der Waals surface area contributed by atoms with E-state index in [0.717, 1.165) is 17.6 Å². The Bertz CT molecular complexity index is 692. The van der Waals surface area contributed by atoms with Crippen LogP contribution in [-0.2, 0) is 9.53 Å². The van der Waals surface area contributed by atoms with Crippen molar-refractivity contribution in [3.8, 4) is 0 Å². The van der Waals surface area contributed by atoms with E-state index >= 15 is 0 Å². The van der Waals surface area contributed by atoms with Crippen LogP contribution in [-0.4, -0.2) is 12.6 Å². The van der Waals surface area contributed by atoms with Gasteiger partial charge in [-0.2, -0.15) is 0 Å². The van der Waals surface area contributed by atoms with Gasteiger partial charge >= 0.3 is 5.97 Å². The fourth-order valence-corrected chi connectivity index (χ4v) is 2.01. The second kappa shape index (κ2) is 7.47. The van der Waals surface area contributed by atoms with Crippen molar-refractivity contribution < 1.29 is 9.53 Å². The zero-order valence-corrected chi connectivity index (χ0v) is 12.6. The summed E-state index contributed by atoms with van der Waals surface area (Å²) in [6.07, 6.45) is 3.21. The van der Waals surface area contributed by atoms with Crippen LogP contribution in [0, 0.1) is 0 Å². The Balaban J connectivity index is 2.06. The molecule has 0 atom stereocenters. The van der Waals surface area contributed by atoms with Crippen LogP contribution in [0.1, 0.15) is 32.3 Å². The lowest BCUT2D eigenvalue weighted by Gasteiger charge is -2.02. The van der Waals surface area contributed by atoms with Gasteiger partial charge in [0.15, 0.2) is 0 Å². The number of benzene rings is 2. The van der Waals surface area contributed by atoms with Crippen LogP contribution in [0.25, 0.3) is 16.8 Å². The Kier molecular flexibility index (Phi) is 5.36. The van der Waals surface area contributed by atoms with Gasteiger partial charge in [-0.15, -0.1) is 5.73 Å². The average molecular weight is 280 g/mol. The second-order valence-electron chi connectivity index (χ2n) is 5.09. The third-order valence-corrected chi connectivity index (χ3v) is 3.16. The van der Waals surface area contributed by atoms with E-state index < -0.39 is 0 Å². The molecule has 0 heterocycles. The van der Waals surface area contributed by atoms with Crippen LogP contribution in [0.2, 0.25) is 0 Å². The predicted molar refractivity (Wildman–Crippen MR) is 87.0 cm³/mol. The normalized spacial score (nSPS) is 10.0. The Labute approximate surface area is 125 Å². The molecule has 0 N–H and O–H groups in total. The molecule has 0 saturated heterocycles. The van der Waals surface area contributed by atoms with Crippen molar-refractivity contribution in [3.63, 3.8) is 0 Å². The number of hydrogen-bond donors (Lipinski definition) is 0. The van der Waals surface area contributed by atoms with E-state index in [1.807, 2.05) is 32.1 Å². The maximum Gasteiger partial charge on any atom is 0.306 e. The van der Waals surface area contributed by atoms with Gasteiger partial charge in [-0.1, -0.05) is 43.3 Å². The lowest BCUT2D eigenvalue weighted by atomic mass is 10.1. The maximum atomic E-state index is 11.3. The second-order valence-corrected chi connectivity index (χ2v) is 5.09. The number of rotatable bonds is 5. The number of carbonyl (C=O) groups excluding carboxylic acids is 1. The highest BCUT2D eigenvalue weighted by Crippen LogP contribution is 2.16. The van der Waals surface area contributed by atoms with Gasteiger partial charge in [-0.3, -0.25) is 4.79 Å². The molecule has 2 rings (SSSR count). The smallest absolute Gasteiger partial charge is 0.306 e. The van der Waals surface area contributed by atoms with Crippen molar-refractivity contribution in [2.24, 2.45) is 0 Å². The van der Waals surface area contributed by atoms with E-state index in [1.165, 1.54) is 10.8 Å². The summed E-state index contributed by atoms with van der Waals surface area (Å²) in [5, 5.41) is 2.43. The molecule has 0 aromatic heterocycles. The Morgan fingerprint density at radius 3 is 2.71 bits per heavy atom. The van der Waals surface area contributed by atoms with Crippen LogP contribution in [0.5, 0.6) is 0 Å². The standard InChI is InChI=1S/C19H20O2/c1-3-6-19(20)21-14-15(2)9-10-16-11-12-17-7-4-5-8-18(17)13-16/h4-5,7-8,10-13H,3,6,14H2,1-2H3. The molecule has 0 saturated carbocycles. The fraction of sp³-hybridized carbons (Fsp3) is 0.263. The summed E-state index contributed by atoms with van der Waals surface area (Å²) in [7, 11) is 0. The van der Waals surface area contributed by atoms with Gasteiger partial charge in [0, 0.05) is 12.0 Å². The highest BCUT2D eigenvalue weighted by molar-refractivity contribution is 5.84. The maximum absolute atomic E-state index is 11.3. The monoisotopic (exact) mass is 280 g/mol. The summed E-state index contributed by atoms with van der Waals surface area (Å²) < 4.78 is 5.14. The molecular weight excluding hydrogens is 260 g/mol. The van der Waals surface area contributed by atoms with Gasteiger partial charge < -0.3 is 4.74 Å². The molecule has 21 heavy (non-hydrogen) atoms. The summed E-state index contributed by atoms with van der Waals surface area (Å²) in [6, 6.07) is 14.5. The first kappa shape index (κ1) is 15.1. The Hall–Kier alpha value is -2.31. The van der Waals surface area contributed by atoms with Crippen molar-refractivity contribution in [1.82, 2.24) is 0 Å². The Morgan fingerprint density at radius 1 is 1.19 bits per heavy atom. The summed E-state index contributed by atoms with van der Waals surface area (Å²) >= 11 is 0. The van der Waals surface area contributed by atoms with Gasteiger partial charge in [-0.05, 0) is 41.8 Å². The molecule has 2 aromatic carbocycles. The molecule has 0 aliphatic heterocycles. The molecule has 0 amide bonds. The van der Waals surface area contributed by atoms with Crippen molar-refractivity contribution in [3.05, 3.63) is 59.3 Å².